The predicted octanol–water partition coefficient (Wildman–Crippen LogP) is 2.49. The van der Waals surface area contributed by atoms with Gasteiger partial charge in [-0.15, -0.1) is 0 Å². The number of rotatable bonds is 1. The summed E-state index contributed by atoms with van der Waals surface area (Å²) in [6.07, 6.45) is 2.89. The zero-order valence-electron chi connectivity index (χ0n) is 9.90. The van der Waals surface area contributed by atoms with Gasteiger partial charge in [0.15, 0.2) is 5.76 Å². The molecule has 0 radical (unpaired) electrons. The Morgan fingerprint density at radius 3 is 2.67 bits per heavy atom. The fourth-order valence-electron chi connectivity index (χ4n) is 2.84. The largest absolute Gasteiger partial charge is 0.503 e. The van der Waals surface area contributed by atoms with Gasteiger partial charge in [-0.1, -0.05) is 12.1 Å². The van der Waals surface area contributed by atoms with Gasteiger partial charge in [0.25, 0.3) is 5.91 Å². The third-order valence-corrected chi connectivity index (χ3v) is 3.71. The average Bonchev–Trinajstić information content (AvgIpc) is 2.64. The molecule has 1 amide bonds. The van der Waals surface area contributed by atoms with Crippen molar-refractivity contribution in [3.8, 4) is 0 Å². The summed E-state index contributed by atoms with van der Waals surface area (Å²) in [5.74, 6) is -0.781. The lowest BCUT2D eigenvalue weighted by molar-refractivity contribution is -0.130. The maximum atomic E-state index is 12.9. The van der Waals surface area contributed by atoms with Crippen LogP contribution in [0.1, 0.15) is 24.8 Å². The van der Waals surface area contributed by atoms with Gasteiger partial charge in [-0.25, -0.2) is 4.39 Å². The van der Waals surface area contributed by atoms with Gasteiger partial charge in [0.2, 0.25) is 0 Å². The molecule has 1 atom stereocenters. The minimum Gasteiger partial charge on any atom is -0.503 e. The van der Waals surface area contributed by atoms with E-state index in [1.807, 2.05) is 0 Å². The van der Waals surface area contributed by atoms with Crippen molar-refractivity contribution in [2.75, 3.05) is 6.54 Å². The number of amides is 1. The number of nitrogens with zero attached hydrogens (tertiary/aromatic N) is 1. The molecule has 3 rings (SSSR count). The second-order valence-corrected chi connectivity index (χ2v) is 4.78. The highest BCUT2D eigenvalue weighted by molar-refractivity contribution is 6.05. The summed E-state index contributed by atoms with van der Waals surface area (Å²) in [5.41, 5.74) is 1.39. The van der Waals surface area contributed by atoms with Gasteiger partial charge >= 0.3 is 0 Å². The smallest absolute Gasteiger partial charge is 0.289 e. The molecule has 0 aliphatic carbocycles. The van der Waals surface area contributed by atoms with Gasteiger partial charge in [-0.05, 0) is 37.0 Å². The van der Waals surface area contributed by atoms with Gasteiger partial charge < -0.3 is 10.0 Å². The number of piperidine rings is 1. The van der Waals surface area contributed by atoms with Gasteiger partial charge in [-0.3, -0.25) is 4.79 Å². The van der Waals surface area contributed by atoms with Crippen molar-refractivity contribution in [1.29, 1.82) is 0 Å². The first-order valence-electron chi connectivity index (χ1n) is 6.18. The third kappa shape index (κ3) is 1.60. The molecule has 1 aromatic carbocycles. The van der Waals surface area contributed by atoms with Crippen LogP contribution in [0, 0.1) is 5.82 Å². The Kier molecular flexibility index (Phi) is 2.58. The van der Waals surface area contributed by atoms with E-state index in [1.54, 1.807) is 17.0 Å². The molecule has 1 unspecified atom stereocenters. The fourth-order valence-corrected chi connectivity index (χ4v) is 2.84. The first-order valence-corrected chi connectivity index (χ1v) is 6.18. The molecule has 1 aromatic rings. The lowest BCUT2D eigenvalue weighted by Crippen LogP contribution is -2.39. The van der Waals surface area contributed by atoms with Crippen LogP contribution in [0.25, 0.3) is 5.57 Å². The summed E-state index contributed by atoms with van der Waals surface area (Å²) in [4.78, 5) is 13.7. The number of aliphatic hydroxyl groups excluding tert-OH is 1. The van der Waals surface area contributed by atoms with E-state index in [9.17, 15) is 14.3 Å². The van der Waals surface area contributed by atoms with E-state index < -0.39 is 0 Å². The highest BCUT2D eigenvalue weighted by Crippen LogP contribution is 2.37. The van der Waals surface area contributed by atoms with Crippen LogP contribution in [-0.2, 0) is 4.79 Å². The quantitative estimate of drug-likeness (QED) is 0.828. The van der Waals surface area contributed by atoms with E-state index in [1.165, 1.54) is 12.1 Å². The van der Waals surface area contributed by atoms with Crippen molar-refractivity contribution in [1.82, 2.24) is 4.90 Å². The van der Waals surface area contributed by atoms with Gasteiger partial charge in [0.05, 0.1) is 6.04 Å². The molecule has 2 aliphatic rings. The molecule has 0 saturated carbocycles. The molecular formula is C14H14FNO2. The number of benzene rings is 1. The lowest BCUT2D eigenvalue weighted by Gasteiger charge is -2.31. The molecule has 94 valence electrons. The van der Waals surface area contributed by atoms with E-state index in [0.717, 1.165) is 24.8 Å². The monoisotopic (exact) mass is 247 g/mol. The zero-order valence-corrected chi connectivity index (χ0v) is 9.90. The molecular weight excluding hydrogens is 233 g/mol. The van der Waals surface area contributed by atoms with Crippen LogP contribution in [0.2, 0.25) is 0 Å². The molecule has 0 aromatic heterocycles. The summed E-state index contributed by atoms with van der Waals surface area (Å²) in [5, 5.41) is 10.0. The molecule has 0 bridgehead atoms. The van der Waals surface area contributed by atoms with Crippen LogP contribution in [-0.4, -0.2) is 28.5 Å². The van der Waals surface area contributed by atoms with Crippen LogP contribution < -0.4 is 0 Å². The first-order chi connectivity index (χ1) is 8.68. The molecule has 0 spiro atoms. The molecule has 1 fully saturated rings. The van der Waals surface area contributed by atoms with Crippen LogP contribution >= 0.6 is 0 Å². The van der Waals surface area contributed by atoms with Gasteiger partial charge in [0.1, 0.15) is 5.82 Å². The van der Waals surface area contributed by atoms with Crippen LogP contribution in [0.5, 0.6) is 0 Å². The number of aliphatic hydroxyl groups is 1. The van der Waals surface area contributed by atoms with Gasteiger partial charge in [0, 0.05) is 12.1 Å². The molecule has 1 saturated heterocycles. The number of carbonyl (C=O) groups is 1. The molecule has 2 aliphatic heterocycles. The molecule has 18 heavy (non-hydrogen) atoms. The number of carbonyl (C=O) groups excluding carboxylic acids is 1. The Bertz CT molecular complexity index is 521. The van der Waals surface area contributed by atoms with Crippen molar-refractivity contribution in [3.05, 3.63) is 41.4 Å². The van der Waals surface area contributed by atoms with Crippen LogP contribution in [0.4, 0.5) is 4.39 Å². The lowest BCUT2D eigenvalue weighted by atomic mass is 9.93. The van der Waals surface area contributed by atoms with Crippen molar-refractivity contribution in [3.63, 3.8) is 0 Å². The summed E-state index contributed by atoms with van der Waals surface area (Å²) in [6.45, 7) is 0.693. The summed E-state index contributed by atoms with van der Waals surface area (Å²) in [6, 6.07) is 5.90. The zero-order chi connectivity index (χ0) is 12.7. The number of fused-ring (bicyclic) bond motifs is 1. The maximum absolute atomic E-state index is 12.9. The second kappa shape index (κ2) is 4.12. The van der Waals surface area contributed by atoms with Crippen molar-refractivity contribution in [2.24, 2.45) is 0 Å². The second-order valence-electron chi connectivity index (χ2n) is 4.78. The van der Waals surface area contributed by atoms with Crippen molar-refractivity contribution in [2.45, 2.75) is 25.3 Å². The fraction of sp³-hybridized carbons (Fsp3) is 0.357. The van der Waals surface area contributed by atoms with E-state index in [0.29, 0.717) is 12.1 Å². The van der Waals surface area contributed by atoms with Gasteiger partial charge in [-0.2, -0.15) is 0 Å². The Balaban J connectivity index is 2.03. The topological polar surface area (TPSA) is 40.5 Å². The Hall–Kier alpha value is -1.84. The van der Waals surface area contributed by atoms with Crippen LogP contribution in [0.3, 0.4) is 0 Å². The molecule has 3 nitrogen and oxygen atoms in total. The summed E-state index contributed by atoms with van der Waals surface area (Å²) < 4.78 is 12.9. The highest BCUT2D eigenvalue weighted by Gasteiger charge is 2.40. The number of hydrogen-bond acceptors (Lipinski definition) is 2. The molecule has 1 N–H and O–H groups in total. The highest BCUT2D eigenvalue weighted by atomic mass is 19.1. The minimum absolute atomic E-state index is 0.0447. The Morgan fingerprint density at radius 2 is 1.94 bits per heavy atom. The third-order valence-electron chi connectivity index (χ3n) is 3.71. The Labute approximate surface area is 105 Å². The summed E-state index contributed by atoms with van der Waals surface area (Å²) in [7, 11) is 0. The maximum Gasteiger partial charge on any atom is 0.289 e. The minimum atomic E-state index is -0.316. The van der Waals surface area contributed by atoms with E-state index in [-0.39, 0.29) is 23.5 Å². The predicted molar refractivity (Wildman–Crippen MR) is 65.3 cm³/mol. The average molecular weight is 247 g/mol. The van der Waals surface area contributed by atoms with E-state index in [2.05, 4.69) is 0 Å². The summed E-state index contributed by atoms with van der Waals surface area (Å²) >= 11 is 0. The van der Waals surface area contributed by atoms with E-state index in [4.69, 9.17) is 0 Å². The molecule has 4 heteroatoms. The van der Waals surface area contributed by atoms with Crippen molar-refractivity contribution < 1.29 is 14.3 Å². The Morgan fingerprint density at radius 1 is 1.22 bits per heavy atom. The van der Waals surface area contributed by atoms with Crippen molar-refractivity contribution >= 4 is 11.5 Å². The SMILES string of the molecule is O=C1C(O)=C(c2ccc(F)cc2)C2CCCCN12. The number of halogens is 1. The first kappa shape index (κ1) is 11.3. The van der Waals surface area contributed by atoms with E-state index >= 15 is 0 Å². The van der Waals surface area contributed by atoms with Crippen LogP contribution in [0.15, 0.2) is 30.0 Å². The molecule has 2 heterocycles. The standard InChI is InChI=1S/C14H14FNO2/c15-10-6-4-9(5-7-10)12-11-3-1-2-8-16(11)14(18)13(12)17/h4-7,11,17H,1-3,8H2. The number of hydrogen-bond donors (Lipinski definition) is 1. The normalized spacial score (nSPS) is 23.5.